The van der Waals surface area contributed by atoms with E-state index in [4.69, 9.17) is 10.5 Å². The summed E-state index contributed by atoms with van der Waals surface area (Å²) in [5, 5.41) is 9.63. The maximum absolute atomic E-state index is 9.63. The molecule has 2 rings (SSSR count). The minimum atomic E-state index is -0.591. The fraction of sp³-hybridized carbons (Fsp3) is 0.538. The second-order valence-corrected chi connectivity index (χ2v) is 4.35. The minimum Gasteiger partial charge on any atom is -0.490 e. The molecular weight excluding hydrogens is 202 g/mol. The molecule has 1 aromatic carbocycles. The molecule has 1 aliphatic rings. The summed E-state index contributed by atoms with van der Waals surface area (Å²) < 4.78 is 5.86. The van der Waals surface area contributed by atoms with Gasteiger partial charge in [0.05, 0.1) is 12.2 Å². The van der Waals surface area contributed by atoms with Crippen molar-refractivity contribution in [2.45, 2.75) is 37.9 Å². The van der Waals surface area contributed by atoms with Gasteiger partial charge in [-0.05, 0) is 43.4 Å². The highest BCUT2D eigenvalue weighted by Crippen LogP contribution is 2.25. The first kappa shape index (κ1) is 11.4. The van der Waals surface area contributed by atoms with Crippen molar-refractivity contribution in [2.24, 2.45) is 5.73 Å². The quantitative estimate of drug-likeness (QED) is 0.817. The number of hydrogen-bond acceptors (Lipinski definition) is 3. The van der Waals surface area contributed by atoms with Crippen molar-refractivity contribution in [1.29, 1.82) is 0 Å². The molecule has 1 saturated carbocycles. The van der Waals surface area contributed by atoms with Crippen molar-refractivity contribution in [2.75, 3.05) is 6.54 Å². The Kier molecular flexibility index (Phi) is 3.80. The lowest BCUT2D eigenvalue weighted by atomic mass is 10.1. The molecule has 1 aliphatic carbocycles. The van der Waals surface area contributed by atoms with E-state index in [-0.39, 0.29) is 6.54 Å². The number of ether oxygens (including phenoxy) is 1. The predicted octanol–water partition coefficient (Wildman–Crippen LogP) is 2.00. The van der Waals surface area contributed by atoms with Gasteiger partial charge in [0.25, 0.3) is 0 Å². The third-order valence-electron chi connectivity index (χ3n) is 3.07. The van der Waals surface area contributed by atoms with Crippen LogP contribution in [0.1, 0.15) is 37.4 Å². The van der Waals surface area contributed by atoms with Gasteiger partial charge in [0, 0.05) is 6.54 Å². The van der Waals surface area contributed by atoms with E-state index in [0.717, 1.165) is 24.2 Å². The smallest absolute Gasteiger partial charge is 0.120 e. The summed E-state index contributed by atoms with van der Waals surface area (Å²) >= 11 is 0. The van der Waals surface area contributed by atoms with Crippen LogP contribution >= 0.6 is 0 Å². The molecule has 3 nitrogen and oxygen atoms in total. The summed E-state index contributed by atoms with van der Waals surface area (Å²) in [6, 6.07) is 7.60. The summed E-state index contributed by atoms with van der Waals surface area (Å²) in [6.45, 7) is 0.243. The second kappa shape index (κ2) is 5.32. The van der Waals surface area contributed by atoms with Crippen molar-refractivity contribution >= 4 is 0 Å². The number of aliphatic hydroxyl groups excluding tert-OH is 1. The molecule has 16 heavy (non-hydrogen) atoms. The summed E-state index contributed by atoms with van der Waals surface area (Å²) in [4.78, 5) is 0. The first-order chi connectivity index (χ1) is 7.79. The first-order valence-corrected chi connectivity index (χ1v) is 5.94. The van der Waals surface area contributed by atoms with Crippen LogP contribution in [-0.4, -0.2) is 17.8 Å². The van der Waals surface area contributed by atoms with Gasteiger partial charge in [-0.1, -0.05) is 12.1 Å². The lowest BCUT2D eigenvalue weighted by Crippen LogP contribution is -2.13. The molecule has 0 aliphatic heterocycles. The Hall–Kier alpha value is -1.06. The molecule has 0 unspecified atom stereocenters. The topological polar surface area (TPSA) is 55.5 Å². The Morgan fingerprint density at radius 3 is 2.81 bits per heavy atom. The zero-order chi connectivity index (χ0) is 11.4. The van der Waals surface area contributed by atoms with E-state index in [1.165, 1.54) is 12.8 Å². The Bertz CT molecular complexity index is 334. The number of nitrogens with two attached hydrogens (primary N) is 1. The van der Waals surface area contributed by atoms with Gasteiger partial charge in [-0.2, -0.15) is 0 Å². The Labute approximate surface area is 96.2 Å². The van der Waals surface area contributed by atoms with Crippen molar-refractivity contribution in [3.05, 3.63) is 29.8 Å². The van der Waals surface area contributed by atoms with E-state index in [1.54, 1.807) is 0 Å². The monoisotopic (exact) mass is 221 g/mol. The van der Waals surface area contributed by atoms with Crippen LogP contribution in [0.2, 0.25) is 0 Å². The zero-order valence-electron chi connectivity index (χ0n) is 9.43. The van der Waals surface area contributed by atoms with Crippen LogP contribution in [0.15, 0.2) is 24.3 Å². The summed E-state index contributed by atoms with van der Waals surface area (Å²) in [6.07, 6.45) is 4.57. The molecule has 3 heteroatoms. The number of rotatable bonds is 4. The van der Waals surface area contributed by atoms with Crippen LogP contribution in [-0.2, 0) is 0 Å². The van der Waals surface area contributed by atoms with Gasteiger partial charge in [-0.25, -0.2) is 0 Å². The van der Waals surface area contributed by atoms with Crippen LogP contribution in [0, 0.1) is 0 Å². The summed E-state index contributed by atoms with van der Waals surface area (Å²) in [7, 11) is 0. The van der Waals surface area contributed by atoms with Gasteiger partial charge in [-0.3, -0.25) is 0 Å². The fourth-order valence-electron chi connectivity index (χ4n) is 2.13. The molecule has 1 aromatic rings. The molecule has 0 bridgehead atoms. The standard InChI is InChI=1S/C13H19NO2/c14-9-13(15)10-4-3-7-12(8-10)16-11-5-1-2-6-11/h3-4,7-8,11,13,15H,1-2,5-6,9,14H2/t13-/m0/s1. The zero-order valence-corrected chi connectivity index (χ0v) is 9.43. The highest BCUT2D eigenvalue weighted by Gasteiger charge is 2.16. The van der Waals surface area contributed by atoms with Gasteiger partial charge in [-0.15, -0.1) is 0 Å². The van der Waals surface area contributed by atoms with E-state index in [9.17, 15) is 5.11 Å². The SMILES string of the molecule is NC[C@H](O)c1cccc(OC2CCCC2)c1. The van der Waals surface area contributed by atoms with E-state index >= 15 is 0 Å². The van der Waals surface area contributed by atoms with Crippen LogP contribution in [0.25, 0.3) is 0 Å². The molecule has 0 radical (unpaired) electrons. The van der Waals surface area contributed by atoms with Gasteiger partial charge < -0.3 is 15.6 Å². The molecule has 88 valence electrons. The van der Waals surface area contributed by atoms with Crippen molar-refractivity contribution < 1.29 is 9.84 Å². The van der Waals surface area contributed by atoms with Gasteiger partial charge >= 0.3 is 0 Å². The third kappa shape index (κ3) is 2.74. The van der Waals surface area contributed by atoms with Crippen molar-refractivity contribution in [3.63, 3.8) is 0 Å². The molecule has 1 fully saturated rings. The lowest BCUT2D eigenvalue weighted by molar-refractivity contribution is 0.183. The first-order valence-electron chi connectivity index (χ1n) is 5.94. The number of hydrogen-bond donors (Lipinski definition) is 2. The minimum absolute atomic E-state index is 0.243. The molecule has 0 saturated heterocycles. The average molecular weight is 221 g/mol. The number of benzene rings is 1. The van der Waals surface area contributed by atoms with E-state index < -0.39 is 6.10 Å². The van der Waals surface area contributed by atoms with Crippen LogP contribution in [0.4, 0.5) is 0 Å². The Morgan fingerprint density at radius 1 is 1.38 bits per heavy atom. The lowest BCUT2D eigenvalue weighted by Gasteiger charge is -2.15. The van der Waals surface area contributed by atoms with Crippen LogP contribution in [0.3, 0.4) is 0 Å². The Balaban J connectivity index is 2.03. The van der Waals surface area contributed by atoms with Gasteiger partial charge in [0.2, 0.25) is 0 Å². The van der Waals surface area contributed by atoms with Gasteiger partial charge in [0.15, 0.2) is 0 Å². The molecule has 3 N–H and O–H groups in total. The van der Waals surface area contributed by atoms with Gasteiger partial charge in [0.1, 0.15) is 5.75 Å². The number of aliphatic hydroxyl groups is 1. The second-order valence-electron chi connectivity index (χ2n) is 4.35. The molecule has 0 aromatic heterocycles. The van der Waals surface area contributed by atoms with Crippen molar-refractivity contribution in [1.82, 2.24) is 0 Å². The fourth-order valence-corrected chi connectivity index (χ4v) is 2.13. The molecule has 0 heterocycles. The molecule has 0 amide bonds. The molecule has 1 atom stereocenters. The van der Waals surface area contributed by atoms with E-state index in [2.05, 4.69) is 0 Å². The third-order valence-corrected chi connectivity index (χ3v) is 3.07. The molecular formula is C13H19NO2. The van der Waals surface area contributed by atoms with E-state index in [1.807, 2.05) is 24.3 Å². The van der Waals surface area contributed by atoms with Crippen molar-refractivity contribution in [3.8, 4) is 5.75 Å². The highest BCUT2D eigenvalue weighted by molar-refractivity contribution is 5.30. The Morgan fingerprint density at radius 2 is 2.12 bits per heavy atom. The van der Waals surface area contributed by atoms with Crippen LogP contribution in [0.5, 0.6) is 5.75 Å². The van der Waals surface area contributed by atoms with E-state index in [0.29, 0.717) is 6.10 Å². The highest BCUT2D eigenvalue weighted by atomic mass is 16.5. The van der Waals surface area contributed by atoms with Crippen LogP contribution < -0.4 is 10.5 Å². The maximum atomic E-state index is 9.63. The summed E-state index contributed by atoms with van der Waals surface area (Å²) in [5.41, 5.74) is 6.26. The average Bonchev–Trinajstić information content (AvgIpc) is 2.81. The molecule has 0 spiro atoms. The predicted molar refractivity (Wildman–Crippen MR) is 63.3 cm³/mol. The summed E-state index contributed by atoms with van der Waals surface area (Å²) in [5.74, 6) is 0.844. The normalized spacial score (nSPS) is 18.6. The largest absolute Gasteiger partial charge is 0.490 e. The maximum Gasteiger partial charge on any atom is 0.120 e.